The van der Waals surface area contributed by atoms with E-state index in [1.807, 2.05) is 24.3 Å². The first-order valence-electron chi connectivity index (χ1n) is 2.44. The molecule has 0 aliphatic heterocycles. The average Bonchev–Trinajstić information content (AvgIpc) is 2.12. The summed E-state index contributed by atoms with van der Waals surface area (Å²) in [6.07, 6.45) is 7.85. The van der Waals surface area contributed by atoms with E-state index in [1.165, 1.54) is 0 Å². The van der Waals surface area contributed by atoms with Crippen molar-refractivity contribution in [3.05, 3.63) is 24.3 Å². The predicted octanol–water partition coefficient (Wildman–Crippen LogP) is 2.53. The minimum absolute atomic E-state index is 0. The molecule has 1 aliphatic rings. The number of alkyl halides is 2. The molecule has 3 heteroatoms. The van der Waals surface area contributed by atoms with E-state index in [9.17, 15) is 0 Å². The average molecular weight is 240 g/mol. The van der Waals surface area contributed by atoms with Crippen LogP contribution in [0.2, 0.25) is 0 Å². The fourth-order valence-electron chi connectivity index (χ4n) is 0.617. The van der Waals surface area contributed by atoms with Gasteiger partial charge < -0.3 is 0 Å². The van der Waals surface area contributed by atoms with Crippen LogP contribution in [0.15, 0.2) is 24.3 Å². The summed E-state index contributed by atoms with van der Waals surface area (Å²) in [5.41, 5.74) is 0. The van der Waals surface area contributed by atoms with Crippen LogP contribution in [0, 0.1) is 5.92 Å². The third kappa shape index (κ3) is 3.02. The van der Waals surface area contributed by atoms with Crippen LogP contribution in [-0.4, -0.2) is 4.84 Å². The molecule has 0 nitrogen and oxygen atoms in total. The molecular formula is C6H6Cl2Zr. The van der Waals surface area contributed by atoms with Crippen LogP contribution in [0.4, 0.5) is 0 Å². The molecule has 0 aromatic rings. The Hall–Kier alpha value is 0.943. The Morgan fingerprint density at radius 3 is 1.78 bits per heavy atom. The molecule has 0 amide bonds. The fraction of sp³-hybridized carbons (Fsp3) is 0.333. The van der Waals surface area contributed by atoms with E-state index in [0.717, 1.165) is 0 Å². The molecule has 0 radical (unpaired) electrons. The Labute approximate surface area is 84.0 Å². The molecule has 0 bridgehead atoms. The number of hydrogen-bond donors (Lipinski definition) is 0. The smallest absolute Gasteiger partial charge is 0.104 e. The van der Waals surface area contributed by atoms with E-state index in [4.69, 9.17) is 23.2 Å². The molecule has 1 rings (SSSR count). The Balaban J connectivity index is 0.000000640. The molecule has 0 fully saturated rings. The van der Waals surface area contributed by atoms with Crippen LogP contribution in [0.3, 0.4) is 0 Å². The Bertz CT molecular complexity index is 117. The van der Waals surface area contributed by atoms with Crippen LogP contribution >= 0.6 is 23.2 Å². The summed E-state index contributed by atoms with van der Waals surface area (Å²) in [7, 11) is 0. The Morgan fingerprint density at radius 2 is 1.56 bits per heavy atom. The van der Waals surface area contributed by atoms with Gasteiger partial charge in [-0.2, -0.15) is 0 Å². The zero-order valence-electron chi connectivity index (χ0n) is 4.72. The summed E-state index contributed by atoms with van der Waals surface area (Å²) in [6.45, 7) is 0. The molecule has 0 N–H and O–H groups in total. The van der Waals surface area contributed by atoms with Gasteiger partial charge in [-0.3, -0.25) is 0 Å². The first kappa shape index (κ1) is 9.94. The van der Waals surface area contributed by atoms with Gasteiger partial charge in [0.1, 0.15) is 4.84 Å². The second-order valence-electron chi connectivity index (χ2n) is 1.68. The van der Waals surface area contributed by atoms with Crippen molar-refractivity contribution in [3.8, 4) is 0 Å². The molecule has 1 aliphatic carbocycles. The zero-order valence-corrected chi connectivity index (χ0v) is 8.69. The molecule has 0 aromatic carbocycles. The predicted molar refractivity (Wildman–Crippen MR) is 37.3 cm³/mol. The topological polar surface area (TPSA) is 0 Å². The third-order valence-electron chi connectivity index (χ3n) is 1.07. The van der Waals surface area contributed by atoms with Gasteiger partial charge in [0, 0.05) is 32.1 Å². The third-order valence-corrected chi connectivity index (χ3v) is 1.65. The minimum Gasteiger partial charge on any atom is -0.104 e. The second kappa shape index (κ2) is 4.71. The number of allylic oxidation sites excluding steroid dienone is 4. The van der Waals surface area contributed by atoms with Gasteiger partial charge in [0.15, 0.2) is 0 Å². The van der Waals surface area contributed by atoms with Crippen LogP contribution in [0.5, 0.6) is 0 Å². The van der Waals surface area contributed by atoms with Gasteiger partial charge in [-0.05, 0) is 0 Å². The largest absolute Gasteiger partial charge is 0.117 e. The number of rotatable bonds is 1. The molecule has 0 spiro atoms. The van der Waals surface area contributed by atoms with Crippen molar-refractivity contribution in [1.82, 2.24) is 0 Å². The van der Waals surface area contributed by atoms with Gasteiger partial charge in [0.25, 0.3) is 0 Å². The monoisotopic (exact) mass is 238 g/mol. The molecule has 0 heterocycles. The SMILES string of the molecule is ClC(Cl)C1C=CC=C1.[Zr]. The van der Waals surface area contributed by atoms with Crippen molar-refractivity contribution < 1.29 is 26.2 Å². The van der Waals surface area contributed by atoms with Gasteiger partial charge in [0.2, 0.25) is 0 Å². The summed E-state index contributed by atoms with van der Waals surface area (Å²) in [4.78, 5) is -0.287. The van der Waals surface area contributed by atoms with Gasteiger partial charge in [-0.1, -0.05) is 24.3 Å². The van der Waals surface area contributed by atoms with Crippen molar-refractivity contribution in [2.24, 2.45) is 5.92 Å². The van der Waals surface area contributed by atoms with Crippen molar-refractivity contribution in [2.45, 2.75) is 4.84 Å². The first-order chi connectivity index (χ1) is 3.80. The molecule has 48 valence electrons. The summed E-state index contributed by atoms with van der Waals surface area (Å²) in [5.74, 6) is 0.235. The van der Waals surface area contributed by atoms with Crippen LogP contribution in [0.25, 0.3) is 0 Å². The van der Waals surface area contributed by atoms with Crippen molar-refractivity contribution in [1.29, 1.82) is 0 Å². The molecule has 0 saturated heterocycles. The first-order valence-corrected chi connectivity index (χ1v) is 3.31. The molecule has 0 saturated carbocycles. The van der Waals surface area contributed by atoms with E-state index < -0.39 is 0 Å². The van der Waals surface area contributed by atoms with Crippen molar-refractivity contribution in [2.75, 3.05) is 0 Å². The van der Waals surface area contributed by atoms with Crippen molar-refractivity contribution >= 4 is 23.2 Å². The van der Waals surface area contributed by atoms with Gasteiger partial charge in [-0.25, -0.2) is 0 Å². The van der Waals surface area contributed by atoms with E-state index in [2.05, 4.69) is 0 Å². The maximum Gasteiger partial charge on any atom is 0.117 e. The normalized spacial score (nSPS) is 16.8. The zero-order chi connectivity index (χ0) is 5.98. The minimum atomic E-state index is -0.287. The van der Waals surface area contributed by atoms with E-state index >= 15 is 0 Å². The maximum absolute atomic E-state index is 5.55. The summed E-state index contributed by atoms with van der Waals surface area (Å²) in [5, 5.41) is 0. The molecule has 9 heavy (non-hydrogen) atoms. The molecular weight excluding hydrogens is 234 g/mol. The molecule has 0 aromatic heterocycles. The quantitative estimate of drug-likeness (QED) is 0.618. The van der Waals surface area contributed by atoms with Crippen LogP contribution < -0.4 is 0 Å². The van der Waals surface area contributed by atoms with E-state index in [-0.39, 0.29) is 37.0 Å². The number of halogens is 2. The van der Waals surface area contributed by atoms with Crippen LogP contribution in [-0.2, 0) is 26.2 Å². The summed E-state index contributed by atoms with van der Waals surface area (Å²) >= 11 is 11.1. The van der Waals surface area contributed by atoms with E-state index in [0.29, 0.717) is 0 Å². The molecule has 0 unspecified atom stereocenters. The number of hydrogen-bond acceptors (Lipinski definition) is 0. The Morgan fingerprint density at radius 1 is 1.11 bits per heavy atom. The van der Waals surface area contributed by atoms with Gasteiger partial charge >= 0.3 is 0 Å². The van der Waals surface area contributed by atoms with Crippen LogP contribution in [0.1, 0.15) is 0 Å². The fourth-order valence-corrected chi connectivity index (χ4v) is 0.953. The van der Waals surface area contributed by atoms with E-state index in [1.54, 1.807) is 0 Å². The van der Waals surface area contributed by atoms with Gasteiger partial charge in [0.05, 0.1) is 0 Å². The van der Waals surface area contributed by atoms with Gasteiger partial charge in [-0.15, -0.1) is 23.2 Å². The van der Waals surface area contributed by atoms with Crippen molar-refractivity contribution in [3.63, 3.8) is 0 Å². The maximum atomic E-state index is 5.55. The summed E-state index contributed by atoms with van der Waals surface area (Å²) < 4.78 is 0. The standard InChI is InChI=1S/C6H6Cl2.Zr/c7-6(8)5-3-1-2-4-5;/h1-6H;. The Kier molecular flexibility index (Phi) is 5.21. The summed E-state index contributed by atoms with van der Waals surface area (Å²) in [6, 6.07) is 0. The second-order valence-corrected chi connectivity index (χ2v) is 2.85. The molecule has 0 atom stereocenters.